The van der Waals surface area contributed by atoms with Gasteiger partial charge in [-0.3, -0.25) is 9.59 Å². The number of Topliss-reactive ketones (excluding diaryl/α,β-unsaturated/α-hetero) is 1. The molecule has 0 aliphatic rings. The minimum absolute atomic E-state index is 0.831. The highest BCUT2D eigenvalue weighted by Gasteiger charge is 2.30. The Morgan fingerprint density at radius 3 is 1.89 bits per heavy atom. The maximum Gasteiger partial charge on any atom is 0.311 e. The number of carboxylic acid groups (broad SMARTS) is 1. The van der Waals surface area contributed by atoms with Gasteiger partial charge in [-0.25, -0.2) is 17.6 Å². The zero-order valence-electron chi connectivity index (χ0n) is 9.93. The first-order valence-corrected chi connectivity index (χ1v) is 4.96. The first-order chi connectivity index (χ1) is 8.68. The molecule has 0 fully saturated rings. The molecular formula is C11H9F4NO3. The summed E-state index contributed by atoms with van der Waals surface area (Å²) in [6.45, 7) is 0. The molecule has 4 nitrogen and oxygen atoms in total. The van der Waals surface area contributed by atoms with E-state index in [9.17, 15) is 27.2 Å². The Balaban J connectivity index is 3.61. The molecule has 0 saturated carbocycles. The normalized spacial score (nSPS) is 10.4. The van der Waals surface area contributed by atoms with Crippen molar-refractivity contribution in [2.45, 2.75) is 6.42 Å². The minimum Gasteiger partial charge on any atom is -0.481 e. The number of benzene rings is 1. The fraction of sp³-hybridized carbons (Fsp3) is 0.273. The molecule has 0 heterocycles. The van der Waals surface area contributed by atoms with Gasteiger partial charge >= 0.3 is 5.97 Å². The number of rotatable bonds is 4. The third kappa shape index (κ3) is 2.67. The molecule has 0 radical (unpaired) electrons. The highest BCUT2D eigenvalue weighted by atomic mass is 19.2. The second kappa shape index (κ2) is 5.25. The minimum atomic E-state index is -2.16. The highest BCUT2D eigenvalue weighted by Crippen LogP contribution is 2.31. The summed E-state index contributed by atoms with van der Waals surface area (Å²) in [7, 11) is 2.35. The maximum atomic E-state index is 13.5. The zero-order chi connectivity index (χ0) is 14.9. The molecule has 19 heavy (non-hydrogen) atoms. The van der Waals surface area contributed by atoms with E-state index in [1.165, 1.54) is 14.1 Å². The Bertz CT molecular complexity index is 558. The molecule has 1 rings (SSSR count). The van der Waals surface area contributed by atoms with Gasteiger partial charge in [0.1, 0.15) is 6.42 Å². The topological polar surface area (TPSA) is 57.6 Å². The van der Waals surface area contributed by atoms with Gasteiger partial charge in [-0.1, -0.05) is 0 Å². The van der Waals surface area contributed by atoms with E-state index in [2.05, 4.69) is 0 Å². The third-order valence-electron chi connectivity index (χ3n) is 2.28. The van der Waals surface area contributed by atoms with Gasteiger partial charge in [-0.15, -0.1) is 0 Å². The lowest BCUT2D eigenvalue weighted by Crippen LogP contribution is -2.21. The Morgan fingerprint density at radius 2 is 1.47 bits per heavy atom. The Morgan fingerprint density at radius 1 is 1.00 bits per heavy atom. The molecule has 0 saturated heterocycles. The average molecular weight is 279 g/mol. The van der Waals surface area contributed by atoms with Crippen LogP contribution in [-0.4, -0.2) is 31.0 Å². The Labute approximate surface area is 105 Å². The number of anilines is 1. The molecule has 1 N–H and O–H groups in total. The second-order valence-electron chi connectivity index (χ2n) is 3.87. The SMILES string of the molecule is CN(C)c1c(F)c(F)c(F)c(F)c1C(=O)CC(=O)O. The van der Waals surface area contributed by atoms with Gasteiger partial charge in [-0.2, -0.15) is 0 Å². The van der Waals surface area contributed by atoms with Crippen molar-refractivity contribution in [1.29, 1.82) is 0 Å². The molecular weight excluding hydrogens is 270 g/mol. The van der Waals surface area contributed by atoms with Crippen LogP contribution in [0.4, 0.5) is 23.2 Å². The summed E-state index contributed by atoms with van der Waals surface area (Å²) >= 11 is 0. The number of hydrogen-bond acceptors (Lipinski definition) is 3. The summed E-state index contributed by atoms with van der Waals surface area (Å²) in [6.07, 6.45) is -1.16. The number of nitrogens with zero attached hydrogens (tertiary/aromatic N) is 1. The summed E-state index contributed by atoms with van der Waals surface area (Å²) < 4.78 is 53.2. The number of aliphatic carboxylic acids is 1. The number of carboxylic acids is 1. The largest absolute Gasteiger partial charge is 0.481 e. The van der Waals surface area contributed by atoms with Gasteiger partial charge in [0.25, 0.3) is 0 Å². The van der Waals surface area contributed by atoms with Crippen LogP contribution in [0.2, 0.25) is 0 Å². The lowest BCUT2D eigenvalue weighted by Gasteiger charge is -2.18. The van der Waals surface area contributed by atoms with E-state index < -0.39 is 52.7 Å². The van der Waals surface area contributed by atoms with Gasteiger partial charge < -0.3 is 10.0 Å². The van der Waals surface area contributed by atoms with Crippen molar-refractivity contribution in [3.63, 3.8) is 0 Å². The van der Waals surface area contributed by atoms with Crippen LogP contribution in [0.3, 0.4) is 0 Å². The van der Waals surface area contributed by atoms with Crippen LogP contribution in [0, 0.1) is 23.3 Å². The fourth-order valence-electron chi connectivity index (χ4n) is 1.52. The van der Waals surface area contributed by atoms with Gasteiger partial charge in [0.2, 0.25) is 0 Å². The fourth-order valence-corrected chi connectivity index (χ4v) is 1.52. The summed E-state index contributed by atoms with van der Waals surface area (Å²) in [5.74, 6) is -10.8. The number of carbonyl (C=O) groups excluding carboxylic acids is 1. The molecule has 0 unspecified atom stereocenters. The van der Waals surface area contributed by atoms with Crippen LogP contribution < -0.4 is 4.90 Å². The van der Waals surface area contributed by atoms with Crippen LogP contribution in [0.5, 0.6) is 0 Å². The van der Waals surface area contributed by atoms with Crippen molar-refractivity contribution in [2.75, 3.05) is 19.0 Å². The highest BCUT2D eigenvalue weighted by molar-refractivity contribution is 6.09. The molecule has 0 amide bonds. The van der Waals surface area contributed by atoms with Gasteiger partial charge in [0.15, 0.2) is 29.1 Å². The molecule has 1 aromatic carbocycles. The predicted octanol–water partition coefficient (Wildman–Crippen LogP) is 1.97. The van der Waals surface area contributed by atoms with E-state index in [-0.39, 0.29) is 0 Å². The lowest BCUT2D eigenvalue weighted by atomic mass is 10.0. The average Bonchev–Trinajstić information content (AvgIpc) is 2.29. The number of carbonyl (C=O) groups is 2. The summed E-state index contributed by atoms with van der Waals surface area (Å²) in [5.41, 5.74) is -1.95. The van der Waals surface area contributed by atoms with E-state index in [4.69, 9.17) is 5.11 Å². The zero-order valence-corrected chi connectivity index (χ0v) is 9.93. The molecule has 0 bridgehead atoms. The van der Waals surface area contributed by atoms with E-state index in [1.54, 1.807) is 0 Å². The van der Waals surface area contributed by atoms with Gasteiger partial charge in [0.05, 0.1) is 11.3 Å². The first-order valence-electron chi connectivity index (χ1n) is 4.96. The quantitative estimate of drug-likeness (QED) is 0.301. The number of ketones is 1. The number of hydrogen-bond donors (Lipinski definition) is 1. The third-order valence-corrected chi connectivity index (χ3v) is 2.28. The predicted molar refractivity (Wildman–Crippen MR) is 57.2 cm³/mol. The van der Waals surface area contributed by atoms with Gasteiger partial charge in [-0.05, 0) is 0 Å². The molecule has 104 valence electrons. The van der Waals surface area contributed by atoms with Crippen LogP contribution in [-0.2, 0) is 4.79 Å². The lowest BCUT2D eigenvalue weighted by molar-refractivity contribution is -0.135. The van der Waals surface area contributed by atoms with Crippen molar-refractivity contribution < 1.29 is 32.3 Å². The van der Waals surface area contributed by atoms with Crippen molar-refractivity contribution in [1.82, 2.24) is 0 Å². The van der Waals surface area contributed by atoms with E-state index in [0.717, 1.165) is 4.90 Å². The molecule has 1 aromatic rings. The molecule has 0 atom stereocenters. The van der Waals surface area contributed by atoms with Crippen LogP contribution in [0.25, 0.3) is 0 Å². The van der Waals surface area contributed by atoms with Crippen molar-refractivity contribution >= 4 is 17.4 Å². The van der Waals surface area contributed by atoms with Gasteiger partial charge in [0, 0.05) is 14.1 Å². The van der Waals surface area contributed by atoms with Crippen molar-refractivity contribution in [3.8, 4) is 0 Å². The second-order valence-corrected chi connectivity index (χ2v) is 3.87. The van der Waals surface area contributed by atoms with E-state index in [1.807, 2.05) is 0 Å². The van der Waals surface area contributed by atoms with Crippen LogP contribution in [0.1, 0.15) is 16.8 Å². The molecule has 8 heteroatoms. The van der Waals surface area contributed by atoms with E-state index in [0.29, 0.717) is 0 Å². The summed E-state index contributed by atoms with van der Waals surface area (Å²) in [5, 5.41) is 8.44. The van der Waals surface area contributed by atoms with Crippen molar-refractivity contribution in [2.24, 2.45) is 0 Å². The van der Waals surface area contributed by atoms with Crippen molar-refractivity contribution in [3.05, 3.63) is 28.8 Å². The van der Waals surface area contributed by atoms with Crippen LogP contribution in [0.15, 0.2) is 0 Å². The molecule has 0 aliphatic carbocycles. The maximum absolute atomic E-state index is 13.5. The number of halogens is 4. The smallest absolute Gasteiger partial charge is 0.311 e. The monoisotopic (exact) mass is 279 g/mol. The molecule has 0 aromatic heterocycles. The Kier molecular flexibility index (Phi) is 4.13. The molecule has 0 aliphatic heterocycles. The molecule has 0 spiro atoms. The Hall–Kier alpha value is -2.12. The summed E-state index contributed by atoms with van der Waals surface area (Å²) in [6, 6.07) is 0. The first kappa shape index (κ1) is 14.9. The van der Waals surface area contributed by atoms with E-state index >= 15 is 0 Å². The summed E-state index contributed by atoms with van der Waals surface area (Å²) in [4.78, 5) is 22.8. The van der Waals surface area contributed by atoms with Crippen LogP contribution >= 0.6 is 0 Å². The standard InChI is InChI=1S/C11H9F4NO3/c1-16(2)11-6(4(17)3-5(18)19)7(12)8(13)9(14)10(11)15/h3H2,1-2H3,(H,18,19).